The fourth-order valence-electron chi connectivity index (χ4n) is 5.16. The first kappa shape index (κ1) is 20.6. The summed E-state index contributed by atoms with van der Waals surface area (Å²) in [7, 11) is 3.37. The fraction of sp³-hybridized carbons (Fsp3) is 0.296. The van der Waals surface area contributed by atoms with Crippen molar-refractivity contribution in [2.45, 2.75) is 18.4 Å². The zero-order chi connectivity index (χ0) is 22.1. The molecule has 1 heterocycles. The van der Waals surface area contributed by atoms with Gasteiger partial charge in [0, 0.05) is 36.4 Å². The van der Waals surface area contributed by atoms with E-state index >= 15 is 0 Å². The predicted molar refractivity (Wildman–Crippen MR) is 128 cm³/mol. The molecule has 0 bridgehead atoms. The zero-order valence-corrected chi connectivity index (χ0v) is 18.4. The minimum absolute atomic E-state index is 0.0683. The van der Waals surface area contributed by atoms with Gasteiger partial charge in [-0.05, 0) is 52.9 Å². The van der Waals surface area contributed by atoms with Crippen LogP contribution in [-0.2, 0) is 4.74 Å². The number of carbonyl (C=O) groups is 1. The maximum atomic E-state index is 12.6. The van der Waals surface area contributed by atoms with Crippen LogP contribution in [0.15, 0.2) is 66.7 Å². The highest BCUT2D eigenvalue weighted by molar-refractivity contribution is 5.95. The molecule has 1 aliphatic carbocycles. The van der Waals surface area contributed by atoms with E-state index < -0.39 is 0 Å². The van der Waals surface area contributed by atoms with E-state index in [2.05, 4.69) is 59.2 Å². The molecular formula is C27H28N2O3. The Morgan fingerprint density at radius 1 is 1.12 bits per heavy atom. The molecule has 164 valence electrons. The van der Waals surface area contributed by atoms with Crippen molar-refractivity contribution in [1.29, 1.82) is 0 Å². The molecule has 0 saturated heterocycles. The van der Waals surface area contributed by atoms with Crippen LogP contribution in [0.3, 0.4) is 0 Å². The predicted octanol–water partition coefficient (Wildman–Crippen LogP) is 5.05. The van der Waals surface area contributed by atoms with Crippen LogP contribution < -0.4 is 15.4 Å². The molecule has 0 radical (unpaired) electrons. The van der Waals surface area contributed by atoms with E-state index in [4.69, 9.17) is 9.47 Å². The maximum absolute atomic E-state index is 12.6. The van der Waals surface area contributed by atoms with Crippen molar-refractivity contribution in [1.82, 2.24) is 5.32 Å². The van der Waals surface area contributed by atoms with E-state index in [1.54, 1.807) is 14.2 Å². The second-order valence-corrected chi connectivity index (χ2v) is 8.43. The summed E-state index contributed by atoms with van der Waals surface area (Å²) in [6.45, 7) is 1.000. The normalized spacial score (nSPS) is 21.0. The number of fused-ring (bicyclic) bond motifs is 4. The first-order valence-electron chi connectivity index (χ1n) is 11.1. The molecule has 3 aromatic rings. The van der Waals surface area contributed by atoms with Gasteiger partial charge in [0.15, 0.2) is 0 Å². The lowest BCUT2D eigenvalue weighted by atomic mass is 9.75. The number of rotatable bonds is 6. The van der Waals surface area contributed by atoms with Gasteiger partial charge in [-0.2, -0.15) is 0 Å². The number of allylic oxidation sites excluding steroid dienone is 2. The molecule has 3 atom stereocenters. The van der Waals surface area contributed by atoms with Crippen molar-refractivity contribution in [3.63, 3.8) is 0 Å². The van der Waals surface area contributed by atoms with Crippen LogP contribution in [0, 0.1) is 5.92 Å². The summed E-state index contributed by atoms with van der Waals surface area (Å²) in [6, 6.07) is 18.7. The van der Waals surface area contributed by atoms with Gasteiger partial charge in [-0.1, -0.05) is 42.5 Å². The number of nitrogens with one attached hydrogen (secondary N) is 2. The van der Waals surface area contributed by atoms with Crippen LogP contribution in [0.1, 0.15) is 39.9 Å². The largest absolute Gasteiger partial charge is 0.496 e. The van der Waals surface area contributed by atoms with Gasteiger partial charge >= 0.3 is 0 Å². The van der Waals surface area contributed by atoms with Crippen molar-refractivity contribution < 1.29 is 14.3 Å². The lowest BCUT2D eigenvalue weighted by Crippen LogP contribution is -2.31. The molecular weight excluding hydrogens is 400 g/mol. The Morgan fingerprint density at radius 2 is 2.00 bits per heavy atom. The molecule has 0 spiro atoms. The van der Waals surface area contributed by atoms with E-state index in [-0.39, 0.29) is 17.9 Å². The van der Waals surface area contributed by atoms with Crippen LogP contribution in [0.4, 0.5) is 5.69 Å². The van der Waals surface area contributed by atoms with Crippen LogP contribution in [0.2, 0.25) is 0 Å². The van der Waals surface area contributed by atoms with Crippen LogP contribution in [0.25, 0.3) is 10.8 Å². The lowest BCUT2D eigenvalue weighted by molar-refractivity contribution is 0.0937. The first-order valence-corrected chi connectivity index (χ1v) is 11.1. The highest BCUT2D eigenvalue weighted by Gasteiger charge is 2.39. The average molecular weight is 429 g/mol. The number of anilines is 1. The SMILES string of the molecule is COCCNC(=O)c1ccc2c(c1)C1C=CCC1C(c1c(OC)ccc3ccccc13)N2. The minimum atomic E-state index is -0.0683. The van der Waals surface area contributed by atoms with Gasteiger partial charge in [0.05, 0.1) is 19.8 Å². The second-order valence-electron chi connectivity index (χ2n) is 8.43. The van der Waals surface area contributed by atoms with Crippen LogP contribution in [-0.4, -0.2) is 33.3 Å². The summed E-state index contributed by atoms with van der Waals surface area (Å²) < 4.78 is 10.9. The number of hydrogen-bond donors (Lipinski definition) is 2. The summed E-state index contributed by atoms with van der Waals surface area (Å²) >= 11 is 0. The molecule has 32 heavy (non-hydrogen) atoms. The Hall–Kier alpha value is -3.31. The molecule has 3 aromatic carbocycles. The van der Waals surface area contributed by atoms with Gasteiger partial charge in [-0.25, -0.2) is 0 Å². The molecule has 5 nitrogen and oxygen atoms in total. The van der Waals surface area contributed by atoms with Crippen molar-refractivity contribution in [3.05, 3.63) is 83.4 Å². The molecule has 2 aliphatic rings. The summed E-state index contributed by atoms with van der Waals surface area (Å²) in [6.07, 6.45) is 5.54. The highest BCUT2D eigenvalue weighted by atomic mass is 16.5. The number of benzene rings is 3. The minimum Gasteiger partial charge on any atom is -0.496 e. The van der Waals surface area contributed by atoms with Gasteiger partial charge in [0.25, 0.3) is 5.91 Å². The number of methoxy groups -OCH3 is 2. The van der Waals surface area contributed by atoms with E-state index in [0.717, 1.165) is 17.9 Å². The third-order valence-electron chi connectivity index (χ3n) is 6.68. The maximum Gasteiger partial charge on any atom is 0.251 e. The van der Waals surface area contributed by atoms with Gasteiger partial charge in [-0.3, -0.25) is 4.79 Å². The Morgan fingerprint density at radius 3 is 2.84 bits per heavy atom. The third-order valence-corrected chi connectivity index (χ3v) is 6.68. The summed E-state index contributed by atoms with van der Waals surface area (Å²) in [5, 5.41) is 9.14. The summed E-state index contributed by atoms with van der Waals surface area (Å²) in [5.41, 5.74) is 4.14. The van der Waals surface area contributed by atoms with Crippen molar-refractivity contribution in [2.24, 2.45) is 5.92 Å². The summed E-state index contributed by atoms with van der Waals surface area (Å²) in [5.74, 6) is 1.45. The molecule has 2 N–H and O–H groups in total. The number of amides is 1. The quantitative estimate of drug-likeness (QED) is 0.426. The Balaban J connectivity index is 1.54. The van der Waals surface area contributed by atoms with Gasteiger partial charge in [0.2, 0.25) is 0 Å². The topological polar surface area (TPSA) is 59.6 Å². The van der Waals surface area contributed by atoms with E-state index in [1.807, 2.05) is 18.2 Å². The Labute approximate surface area is 188 Å². The monoisotopic (exact) mass is 428 g/mol. The van der Waals surface area contributed by atoms with Gasteiger partial charge in [0.1, 0.15) is 5.75 Å². The molecule has 5 heteroatoms. The van der Waals surface area contributed by atoms with E-state index in [9.17, 15) is 4.79 Å². The Kier molecular flexibility index (Phi) is 5.58. The summed E-state index contributed by atoms with van der Waals surface area (Å²) in [4.78, 5) is 12.6. The number of hydrogen-bond acceptors (Lipinski definition) is 4. The molecule has 0 saturated carbocycles. The van der Waals surface area contributed by atoms with Crippen molar-refractivity contribution in [2.75, 3.05) is 32.7 Å². The molecule has 0 aromatic heterocycles. The zero-order valence-electron chi connectivity index (χ0n) is 18.4. The molecule has 5 rings (SSSR count). The molecule has 0 fully saturated rings. The molecule has 1 aliphatic heterocycles. The number of carbonyl (C=O) groups excluding carboxylic acids is 1. The molecule has 1 amide bonds. The Bertz CT molecular complexity index is 1190. The highest BCUT2D eigenvalue weighted by Crippen LogP contribution is 2.52. The average Bonchev–Trinajstić information content (AvgIpc) is 3.33. The van der Waals surface area contributed by atoms with Crippen molar-refractivity contribution in [3.8, 4) is 5.75 Å². The van der Waals surface area contributed by atoms with Crippen molar-refractivity contribution >= 4 is 22.4 Å². The van der Waals surface area contributed by atoms with Gasteiger partial charge in [-0.15, -0.1) is 0 Å². The fourth-order valence-corrected chi connectivity index (χ4v) is 5.16. The van der Waals surface area contributed by atoms with Crippen LogP contribution >= 0.6 is 0 Å². The number of ether oxygens (including phenoxy) is 2. The van der Waals surface area contributed by atoms with E-state index in [1.165, 1.54) is 21.9 Å². The van der Waals surface area contributed by atoms with Crippen LogP contribution in [0.5, 0.6) is 5.75 Å². The smallest absolute Gasteiger partial charge is 0.251 e. The first-order chi connectivity index (χ1) is 15.7. The lowest BCUT2D eigenvalue weighted by Gasteiger charge is -2.38. The third kappa shape index (κ3) is 3.53. The van der Waals surface area contributed by atoms with E-state index in [0.29, 0.717) is 24.6 Å². The second kappa shape index (κ2) is 8.67. The van der Waals surface area contributed by atoms with Gasteiger partial charge < -0.3 is 20.1 Å². The standard InChI is InChI=1S/C27H28N2O3/c1-31-15-14-28-27(30)18-10-12-23-22(16-18)20-8-5-9-21(20)26(29-23)25-19-7-4-3-6-17(19)11-13-24(25)32-2/h3-8,10-13,16,20-21,26,29H,9,14-15H2,1-2H3,(H,28,30). The molecule has 3 unspecified atom stereocenters.